The molecule has 0 aliphatic carbocycles. The smallest absolute Gasteiger partial charge is 0.328 e. The van der Waals surface area contributed by atoms with Crippen molar-refractivity contribution in [2.75, 3.05) is 18.9 Å². The number of hydrogen-bond acceptors (Lipinski definition) is 5. The second-order valence-corrected chi connectivity index (χ2v) is 6.98. The maximum absolute atomic E-state index is 12.6. The molecule has 1 aromatic carbocycles. The van der Waals surface area contributed by atoms with E-state index in [0.717, 1.165) is 28.8 Å². The van der Waals surface area contributed by atoms with Crippen LogP contribution in [0.25, 0.3) is 10.9 Å². The molecular formula is C19H22N2O3S. The number of thioether (sulfide) groups is 1. The van der Waals surface area contributed by atoms with Gasteiger partial charge in [-0.3, -0.25) is 4.79 Å². The summed E-state index contributed by atoms with van der Waals surface area (Å²) < 4.78 is 5.12. The van der Waals surface area contributed by atoms with Crippen molar-refractivity contribution in [1.29, 1.82) is 0 Å². The summed E-state index contributed by atoms with van der Waals surface area (Å²) >= 11 is 1.41. The van der Waals surface area contributed by atoms with E-state index in [9.17, 15) is 9.59 Å². The summed E-state index contributed by atoms with van der Waals surface area (Å²) in [6, 6.07) is 11.4. The van der Waals surface area contributed by atoms with Crippen molar-refractivity contribution in [1.82, 2.24) is 9.88 Å². The Kier molecular flexibility index (Phi) is 5.91. The standard InChI is InChI=1S/C19H22N2O3S/c1-2-24-19(23)16-9-5-6-12-21(16)18(22)13-25-17-11-10-14-7-3-4-8-15(14)20-17/h3-4,7-8,10-11,16H,2,5-6,9,12-13H2,1H3/t16-/m1/s1. The van der Waals surface area contributed by atoms with Gasteiger partial charge < -0.3 is 9.64 Å². The number of rotatable bonds is 5. The summed E-state index contributed by atoms with van der Waals surface area (Å²) in [5.74, 6) is -0.0385. The summed E-state index contributed by atoms with van der Waals surface area (Å²) in [5.41, 5.74) is 0.919. The maximum atomic E-state index is 12.6. The Balaban J connectivity index is 1.64. The van der Waals surface area contributed by atoms with Crippen LogP contribution in [0, 0.1) is 0 Å². The number of esters is 1. The van der Waals surface area contributed by atoms with E-state index in [1.165, 1.54) is 11.8 Å². The minimum absolute atomic E-state index is 0.0299. The molecule has 1 aliphatic rings. The lowest BCUT2D eigenvalue weighted by Gasteiger charge is -2.33. The van der Waals surface area contributed by atoms with Gasteiger partial charge in [-0.15, -0.1) is 0 Å². The second kappa shape index (κ2) is 8.34. The van der Waals surface area contributed by atoms with Gasteiger partial charge in [0.25, 0.3) is 0 Å². The molecule has 1 fully saturated rings. The summed E-state index contributed by atoms with van der Waals surface area (Å²) in [6.07, 6.45) is 2.57. The first-order chi connectivity index (χ1) is 12.2. The monoisotopic (exact) mass is 358 g/mol. The number of carbonyl (C=O) groups excluding carboxylic acids is 2. The van der Waals surface area contributed by atoms with E-state index in [2.05, 4.69) is 4.98 Å². The molecule has 6 heteroatoms. The highest BCUT2D eigenvalue weighted by Gasteiger charge is 2.32. The first-order valence-corrected chi connectivity index (χ1v) is 9.62. The molecule has 3 rings (SSSR count). The lowest BCUT2D eigenvalue weighted by Crippen LogP contribution is -2.49. The van der Waals surface area contributed by atoms with Crippen LogP contribution >= 0.6 is 11.8 Å². The molecule has 2 heterocycles. The van der Waals surface area contributed by atoms with Crippen LogP contribution in [0.2, 0.25) is 0 Å². The van der Waals surface area contributed by atoms with Gasteiger partial charge in [0, 0.05) is 11.9 Å². The van der Waals surface area contributed by atoms with Crippen LogP contribution in [0.3, 0.4) is 0 Å². The molecule has 1 saturated heterocycles. The molecule has 0 N–H and O–H groups in total. The van der Waals surface area contributed by atoms with Crippen LogP contribution in [-0.2, 0) is 14.3 Å². The van der Waals surface area contributed by atoms with Crippen LogP contribution in [0.1, 0.15) is 26.2 Å². The van der Waals surface area contributed by atoms with E-state index in [-0.39, 0.29) is 17.6 Å². The van der Waals surface area contributed by atoms with Crippen LogP contribution in [0.5, 0.6) is 0 Å². The highest BCUT2D eigenvalue weighted by atomic mass is 32.2. The lowest BCUT2D eigenvalue weighted by atomic mass is 10.0. The summed E-state index contributed by atoms with van der Waals surface area (Å²) in [4.78, 5) is 31.0. The highest BCUT2D eigenvalue weighted by Crippen LogP contribution is 2.23. The fraction of sp³-hybridized carbons (Fsp3) is 0.421. The van der Waals surface area contributed by atoms with Gasteiger partial charge in [0.1, 0.15) is 6.04 Å². The first kappa shape index (κ1) is 17.7. The number of carbonyl (C=O) groups is 2. The van der Waals surface area contributed by atoms with Crippen molar-refractivity contribution in [3.05, 3.63) is 36.4 Å². The number of ether oxygens (including phenoxy) is 1. The van der Waals surface area contributed by atoms with Crippen molar-refractivity contribution in [2.24, 2.45) is 0 Å². The predicted octanol–water partition coefficient (Wildman–Crippen LogP) is 3.27. The number of amides is 1. The predicted molar refractivity (Wildman–Crippen MR) is 98.5 cm³/mol. The summed E-state index contributed by atoms with van der Waals surface area (Å²) in [5, 5.41) is 1.90. The number of benzene rings is 1. The molecule has 25 heavy (non-hydrogen) atoms. The van der Waals surface area contributed by atoms with E-state index in [4.69, 9.17) is 4.74 Å². The van der Waals surface area contributed by atoms with Crippen molar-refractivity contribution < 1.29 is 14.3 Å². The lowest BCUT2D eigenvalue weighted by molar-refractivity contribution is -0.155. The number of pyridine rings is 1. The largest absolute Gasteiger partial charge is 0.464 e. The molecule has 1 aliphatic heterocycles. The van der Waals surface area contributed by atoms with Crippen molar-refractivity contribution in [2.45, 2.75) is 37.3 Å². The molecule has 1 amide bonds. The van der Waals surface area contributed by atoms with Gasteiger partial charge in [-0.05, 0) is 38.3 Å². The molecule has 0 unspecified atom stereocenters. The number of para-hydroxylation sites is 1. The van der Waals surface area contributed by atoms with Crippen molar-refractivity contribution in [3.63, 3.8) is 0 Å². The van der Waals surface area contributed by atoms with Gasteiger partial charge in [-0.1, -0.05) is 36.0 Å². The maximum Gasteiger partial charge on any atom is 0.328 e. The molecule has 1 aromatic heterocycles. The number of nitrogens with zero attached hydrogens (tertiary/aromatic N) is 2. The quantitative estimate of drug-likeness (QED) is 0.606. The Morgan fingerprint density at radius 3 is 2.92 bits per heavy atom. The Hall–Kier alpha value is -2.08. The van der Waals surface area contributed by atoms with Gasteiger partial charge in [0.15, 0.2) is 0 Å². The molecule has 0 radical (unpaired) electrons. The zero-order chi connectivity index (χ0) is 17.6. The fourth-order valence-electron chi connectivity index (χ4n) is 3.06. The second-order valence-electron chi connectivity index (χ2n) is 5.98. The molecule has 132 valence electrons. The normalized spacial score (nSPS) is 17.5. The average molecular weight is 358 g/mol. The Morgan fingerprint density at radius 2 is 2.08 bits per heavy atom. The van der Waals surface area contributed by atoms with Crippen LogP contribution < -0.4 is 0 Å². The van der Waals surface area contributed by atoms with Crippen LogP contribution in [0.4, 0.5) is 0 Å². The van der Waals surface area contributed by atoms with Crippen molar-refractivity contribution >= 4 is 34.5 Å². The molecule has 1 atom stereocenters. The summed E-state index contributed by atoms with van der Waals surface area (Å²) in [7, 11) is 0. The Morgan fingerprint density at radius 1 is 1.24 bits per heavy atom. The third-order valence-electron chi connectivity index (χ3n) is 4.30. The molecule has 0 bridgehead atoms. The van der Waals surface area contributed by atoms with E-state index >= 15 is 0 Å². The van der Waals surface area contributed by atoms with E-state index < -0.39 is 6.04 Å². The number of aromatic nitrogens is 1. The van der Waals surface area contributed by atoms with Crippen LogP contribution in [0.15, 0.2) is 41.4 Å². The number of piperidine rings is 1. The minimum Gasteiger partial charge on any atom is -0.464 e. The van der Waals surface area contributed by atoms with Gasteiger partial charge in [-0.25, -0.2) is 9.78 Å². The minimum atomic E-state index is -0.439. The van der Waals surface area contributed by atoms with Crippen molar-refractivity contribution in [3.8, 4) is 0 Å². The Labute approximate surface area is 151 Å². The third kappa shape index (κ3) is 4.31. The molecular weight excluding hydrogens is 336 g/mol. The third-order valence-corrected chi connectivity index (χ3v) is 5.21. The average Bonchev–Trinajstić information content (AvgIpc) is 2.66. The van der Waals surface area contributed by atoms with E-state index in [1.807, 2.05) is 36.4 Å². The topological polar surface area (TPSA) is 59.5 Å². The highest BCUT2D eigenvalue weighted by molar-refractivity contribution is 7.99. The van der Waals surface area contributed by atoms with Gasteiger partial charge in [-0.2, -0.15) is 0 Å². The number of hydrogen-bond donors (Lipinski definition) is 0. The van der Waals surface area contributed by atoms with Crippen LogP contribution in [-0.4, -0.2) is 46.7 Å². The fourth-order valence-corrected chi connectivity index (χ4v) is 3.82. The number of fused-ring (bicyclic) bond motifs is 1. The van der Waals surface area contributed by atoms with E-state index in [0.29, 0.717) is 19.6 Å². The zero-order valence-electron chi connectivity index (χ0n) is 14.3. The van der Waals surface area contributed by atoms with Gasteiger partial charge in [0.2, 0.25) is 5.91 Å². The zero-order valence-corrected chi connectivity index (χ0v) is 15.1. The van der Waals surface area contributed by atoms with Gasteiger partial charge >= 0.3 is 5.97 Å². The molecule has 5 nitrogen and oxygen atoms in total. The molecule has 2 aromatic rings. The molecule has 0 spiro atoms. The van der Waals surface area contributed by atoms with Gasteiger partial charge in [0.05, 0.1) is 22.9 Å². The Bertz CT molecular complexity index is 765. The SMILES string of the molecule is CCOC(=O)[C@H]1CCCCN1C(=O)CSc1ccc2ccccc2n1. The first-order valence-electron chi connectivity index (χ1n) is 8.63. The summed E-state index contributed by atoms with van der Waals surface area (Å²) in [6.45, 7) is 2.75. The van der Waals surface area contributed by atoms with E-state index in [1.54, 1.807) is 11.8 Å². The molecule has 0 saturated carbocycles. The number of likely N-dealkylation sites (tertiary alicyclic amines) is 1.